The number of benzene rings is 1. The van der Waals surface area contributed by atoms with Gasteiger partial charge in [0.2, 0.25) is 0 Å². The van der Waals surface area contributed by atoms with Crippen molar-refractivity contribution in [1.82, 2.24) is 15.3 Å². The molecule has 100 valence electrons. The van der Waals surface area contributed by atoms with Gasteiger partial charge < -0.3 is 5.32 Å². The Morgan fingerprint density at radius 2 is 1.95 bits per heavy atom. The summed E-state index contributed by atoms with van der Waals surface area (Å²) >= 11 is 0. The van der Waals surface area contributed by atoms with Crippen molar-refractivity contribution in [2.45, 2.75) is 33.2 Å². The van der Waals surface area contributed by atoms with E-state index in [1.54, 1.807) is 0 Å². The van der Waals surface area contributed by atoms with Crippen LogP contribution in [0.1, 0.15) is 37.6 Å². The smallest absolute Gasteiger partial charge is 0.159 e. The summed E-state index contributed by atoms with van der Waals surface area (Å²) in [7, 11) is 0. The van der Waals surface area contributed by atoms with Crippen LogP contribution in [0.25, 0.3) is 11.4 Å². The van der Waals surface area contributed by atoms with E-state index in [1.807, 2.05) is 43.5 Å². The summed E-state index contributed by atoms with van der Waals surface area (Å²) in [6.45, 7) is 7.39. The van der Waals surface area contributed by atoms with Gasteiger partial charge in [-0.1, -0.05) is 37.3 Å². The first kappa shape index (κ1) is 13.7. The Kier molecular flexibility index (Phi) is 4.63. The molecule has 0 aliphatic heterocycles. The number of rotatable bonds is 5. The van der Waals surface area contributed by atoms with Crippen LogP contribution in [0.15, 0.2) is 36.5 Å². The Bertz CT molecular complexity index is 523. The summed E-state index contributed by atoms with van der Waals surface area (Å²) in [6, 6.07) is 10.4. The molecule has 1 heterocycles. The molecule has 0 radical (unpaired) electrons. The van der Waals surface area contributed by atoms with Crippen molar-refractivity contribution in [3.63, 3.8) is 0 Å². The van der Waals surface area contributed by atoms with E-state index in [4.69, 9.17) is 0 Å². The second kappa shape index (κ2) is 6.43. The number of hydrogen-bond acceptors (Lipinski definition) is 3. The molecule has 1 aromatic carbocycles. The summed E-state index contributed by atoms with van der Waals surface area (Å²) in [5.41, 5.74) is 3.28. The fourth-order valence-electron chi connectivity index (χ4n) is 2.10. The van der Waals surface area contributed by atoms with Gasteiger partial charge in [0, 0.05) is 29.1 Å². The topological polar surface area (TPSA) is 37.8 Å². The van der Waals surface area contributed by atoms with Crippen molar-refractivity contribution in [3.8, 4) is 11.4 Å². The first-order valence-electron chi connectivity index (χ1n) is 6.84. The molecular formula is C16H21N3. The van der Waals surface area contributed by atoms with Gasteiger partial charge in [-0.25, -0.2) is 9.97 Å². The summed E-state index contributed by atoms with van der Waals surface area (Å²) < 4.78 is 0. The number of hydrogen-bond donors (Lipinski definition) is 1. The van der Waals surface area contributed by atoms with Gasteiger partial charge in [0.25, 0.3) is 0 Å². The van der Waals surface area contributed by atoms with E-state index in [2.05, 4.69) is 29.1 Å². The SMILES string of the molecule is CCCNC(C)c1cnc(-c2ccccc2)nc1C. The van der Waals surface area contributed by atoms with Crippen LogP contribution in [-0.4, -0.2) is 16.5 Å². The maximum Gasteiger partial charge on any atom is 0.159 e. The van der Waals surface area contributed by atoms with Crippen molar-refractivity contribution >= 4 is 0 Å². The quantitative estimate of drug-likeness (QED) is 0.888. The molecule has 1 N–H and O–H groups in total. The zero-order valence-electron chi connectivity index (χ0n) is 11.9. The van der Waals surface area contributed by atoms with E-state index in [-0.39, 0.29) is 0 Å². The lowest BCUT2D eigenvalue weighted by Crippen LogP contribution is -2.20. The first-order chi connectivity index (χ1) is 9.22. The third kappa shape index (κ3) is 3.38. The highest BCUT2D eigenvalue weighted by Crippen LogP contribution is 2.19. The van der Waals surface area contributed by atoms with Crippen LogP contribution in [0, 0.1) is 6.92 Å². The highest BCUT2D eigenvalue weighted by atomic mass is 14.9. The van der Waals surface area contributed by atoms with Crippen LogP contribution in [0.4, 0.5) is 0 Å². The normalized spacial score (nSPS) is 12.4. The molecule has 0 spiro atoms. The average molecular weight is 255 g/mol. The number of aryl methyl sites for hydroxylation is 1. The molecule has 0 fully saturated rings. The lowest BCUT2D eigenvalue weighted by Gasteiger charge is -2.15. The lowest BCUT2D eigenvalue weighted by molar-refractivity contribution is 0.564. The first-order valence-corrected chi connectivity index (χ1v) is 6.84. The predicted molar refractivity (Wildman–Crippen MR) is 78.9 cm³/mol. The maximum absolute atomic E-state index is 4.62. The standard InChI is InChI=1S/C16H21N3/c1-4-10-17-12(2)15-11-18-16(19-13(15)3)14-8-6-5-7-9-14/h5-9,11-12,17H,4,10H2,1-3H3. The third-order valence-electron chi connectivity index (χ3n) is 3.22. The Balaban J connectivity index is 2.22. The number of aromatic nitrogens is 2. The molecule has 0 amide bonds. The minimum absolute atomic E-state index is 0.296. The molecule has 1 aromatic heterocycles. The Morgan fingerprint density at radius 3 is 2.58 bits per heavy atom. The van der Waals surface area contributed by atoms with Crippen molar-refractivity contribution in [1.29, 1.82) is 0 Å². The van der Waals surface area contributed by atoms with Crippen LogP contribution in [0.5, 0.6) is 0 Å². The monoisotopic (exact) mass is 255 g/mol. The Labute approximate surface area is 115 Å². The van der Waals surface area contributed by atoms with Crippen LogP contribution < -0.4 is 5.32 Å². The number of nitrogens with zero attached hydrogens (tertiary/aromatic N) is 2. The lowest BCUT2D eigenvalue weighted by atomic mass is 10.1. The van der Waals surface area contributed by atoms with E-state index in [9.17, 15) is 0 Å². The molecule has 0 saturated carbocycles. The van der Waals surface area contributed by atoms with Crippen molar-refractivity contribution in [3.05, 3.63) is 47.8 Å². The minimum Gasteiger partial charge on any atom is -0.310 e. The van der Waals surface area contributed by atoms with Gasteiger partial charge in [-0.2, -0.15) is 0 Å². The molecular weight excluding hydrogens is 234 g/mol. The van der Waals surface area contributed by atoms with Gasteiger partial charge >= 0.3 is 0 Å². The third-order valence-corrected chi connectivity index (χ3v) is 3.22. The summed E-state index contributed by atoms with van der Waals surface area (Å²) in [5, 5.41) is 3.47. The summed E-state index contributed by atoms with van der Waals surface area (Å²) in [6.07, 6.45) is 3.07. The Morgan fingerprint density at radius 1 is 1.21 bits per heavy atom. The van der Waals surface area contributed by atoms with Crippen LogP contribution in [0.3, 0.4) is 0 Å². The fourth-order valence-corrected chi connectivity index (χ4v) is 2.10. The Hall–Kier alpha value is -1.74. The maximum atomic E-state index is 4.62. The average Bonchev–Trinajstić information content (AvgIpc) is 2.45. The molecule has 0 aliphatic carbocycles. The number of nitrogens with one attached hydrogen (secondary N) is 1. The molecule has 3 nitrogen and oxygen atoms in total. The zero-order valence-corrected chi connectivity index (χ0v) is 11.9. The van der Waals surface area contributed by atoms with E-state index in [1.165, 1.54) is 5.56 Å². The molecule has 0 aliphatic rings. The molecule has 0 saturated heterocycles. The second-order valence-corrected chi connectivity index (χ2v) is 4.78. The highest BCUT2D eigenvalue weighted by molar-refractivity contribution is 5.54. The molecule has 1 atom stereocenters. The zero-order chi connectivity index (χ0) is 13.7. The van der Waals surface area contributed by atoms with E-state index in [0.717, 1.165) is 30.0 Å². The van der Waals surface area contributed by atoms with Gasteiger partial charge in [0.1, 0.15) is 0 Å². The molecule has 2 aromatic rings. The van der Waals surface area contributed by atoms with Crippen molar-refractivity contribution in [2.24, 2.45) is 0 Å². The predicted octanol–water partition coefficient (Wildman–Crippen LogP) is 3.51. The van der Waals surface area contributed by atoms with Crippen molar-refractivity contribution in [2.75, 3.05) is 6.54 Å². The largest absolute Gasteiger partial charge is 0.310 e. The second-order valence-electron chi connectivity index (χ2n) is 4.78. The molecule has 0 bridgehead atoms. The van der Waals surface area contributed by atoms with Crippen LogP contribution >= 0.6 is 0 Å². The van der Waals surface area contributed by atoms with Crippen LogP contribution in [-0.2, 0) is 0 Å². The molecule has 2 rings (SSSR count). The molecule has 19 heavy (non-hydrogen) atoms. The summed E-state index contributed by atoms with van der Waals surface area (Å²) in [4.78, 5) is 9.11. The van der Waals surface area contributed by atoms with Gasteiger partial charge in [-0.15, -0.1) is 0 Å². The van der Waals surface area contributed by atoms with Crippen molar-refractivity contribution < 1.29 is 0 Å². The molecule has 1 unspecified atom stereocenters. The van der Waals surface area contributed by atoms with Gasteiger partial charge in [0.05, 0.1) is 0 Å². The van der Waals surface area contributed by atoms with Gasteiger partial charge in [-0.05, 0) is 26.8 Å². The van der Waals surface area contributed by atoms with Crippen LogP contribution in [0.2, 0.25) is 0 Å². The van der Waals surface area contributed by atoms with E-state index >= 15 is 0 Å². The van der Waals surface area contributed by atoms with E-state index in [0.29, 0.717) is 6.04 Å². The minimum atomic E-state index is 0.296. The molecule has 3 heteroatoms. The van der Waals surface area contributed by atoms with E-state index < -0.39 is 0 Å². The van der Waals surface area contributed by atoms with Gasteiger partial charge in [0.15, 0.2) is 5.82 Å². The fraction of sp³-hybridized carbons (Fsp3) is 0.375. The highest BCUT2D eigenvalue weighted by Gasteiger charge is 2.10. The summed E-state index contributed by atoms with van der Waals surface area (Å²) in [5.74, 6) is 0.796. The van der Waals surface area contributed by atoms with Gasteiger partial charge in [-0.3, -0.25) is 0 Å².